The molecule has 0 atom stereocenters. The summed E-state index contributed by atoms with van der Waals surface area (Å²) >= 11 is 1.62. The van der Waals surface area contributed by atoms with Crippen LogP contribution in [0.3, 0.4) is 0 Å². The van der Waals surface area contributed by atoms with Gasteiger partial charge in [-0.25, -0.2) is 4.98 Å². The standard InChI is InChI=1S/C11H13NO2S/c1-2-13-5-6-14-9-3-4-10-11(7-9)15-8-12-10/h3-4,7-8H,2,5-6H2,1H3. The lowest BCUT2D eigenvalue weighted by molar-refractivity contribution is 0.110. The fraction of sp³-hybridized carbons (Fsp3) is 0.364. The Hall–Kier alpha value is -1.13. The van der Waals surface area contributed by atoms with Crippen LogP contribution in [0.5, 0.6) is 5.75 Å². The first-order valence-corrected chi connectivity index (χ1v) is 5.82. The minimum absolute atomic E-state index is 0.595. The first-order chi connectivity index (χ1) is 7.40. The summed E-state index contributed by atoms with van der Waals surface area (Å²) in [4.78, 5) is 4.21. The van der Waals surface area contributed by atoms with Crippen molar-refractivity contribution in [2.75, 3.05) is 19.8 Å². The summed E-state index contributed by atoms with van der Waals surface area (Å²) in [5.74, 6) is 0.881. The van der Waals surface area contributed by atoms with Crippen molar-refractivity contribution < 1.29 is 9.47 Å². The number of nitrogens with zero attached hydrogens (tertiary/aromatic N) is 1. The Morgan fingerprint density at radius 1 is 1.33 bits per heavy atom. The van der Waals surface area contributed by atoms with E-state index >= 15 is 0 Å². The zero-order chi connectivity index (χ0) is 10.5. The molecule has 2 rings (SSSR count). The van der Waals surface area contributed by atoms with Crippen LogP contribution in [-0.2, 0) is 4.74 Å². The molecule has 3 nitrogen and oxygen atoms in total. The molecule has 0 fully saturated rings. The van der Waals surface area contributed by atoms with E-state index in [1.165, 1.54) is 0 Å². The highest BCUT2D eigenvalue weighted by Gasteiger charge is 1.99. The number of hydrogen-bond donors (Lipinski definition) is 0. The molecule has 0 aliphatic rings. The van der Waals surface area contributed by atoms with Crippen molar-refractivity contribution in [3.8, 4) is 5.75 Å². The molecule has 0 bridgehead atoms. The lowest BCUT2D eigenvalue weighted by Gasteiger charge is -2.05. The molecular formula is C11H13NO2S. The van der Waals surface area contributed by atoms with E-state index in [9.17, 15) is 0 Å². The Labute approximate surface area is 92.7 Å². The molecule has 15 heavy (non-hydrogen) atoms. The molecule has 0 spiro atoms. The van der Waals surface area contributed by atoms with Crippen molar-refractivity contribution >= 4 is 21.6 Å². The van der Waals surface area contributed by atoms with Crippen LogP contribution in [-0.4, -0.2) is 24.8 Å². The van der Waals surface area contributed by atoms with Crippen LogP contribution in [0, 0.1) is 0 Å². The molecule has 0 saturated carbocycles. The third-order valence-corrected chi connectivity index (χ3v) is 2.80. The maximum absolute atomic E-state index is 5.54. The highest BCUT2D eigenvalue weighted by molar-refractivity contribution is 7.16. The second-order valence-electron chi connectivity index (χ2n) is 3.03. The molecule has 0 saturated heterocycles. The number of benzene rings is 1. The van der Waals surface area contributed by atoms with Crippen molar-refractivity contribution in [1.82, 2.24) is 4.98 Å². The SMILES string of the molecule is CCOCCOc1ccc2ncsc2c1. The Balaban J connectivity index is 1.96. The summed E-state index contributed by atoms with van der Waals surface area (Å²) in [7, 11) is 0. The molecule has 0 unspecified atom stereocenters. The lowest BCUT2D eigenvalue weighted by Crippen LogP contribution is -2.05. The van der Waals surface area contributed by atoms with E-state index in [2.05, 4.69) is 4.98 Å². The van der Waals surface area contributed by atoms with E-state index in [0.29, 0.717) is 13.2 Å². The molecular weight excluding hydrogens is 210 g/mol. The van der Waals surface area contributed by atoms with Crippen LogP contribution in [0.25, 0.3) is 10.2 Å². The van der Waals surface area contributed by atoms with Gasteiger partial charge in [0, 0.05) is 6.61 Å². The third kappa shape index (κ3) is 2.67. The quantitative estimate of drug-likeness (QED) is 0.730. The summed E-state index contributed by atoms with van der Waals surface area (Å²) in [6.07, 6.45) is 0. The van der Waals surface area contributed by atoms with Crippen molar-refractivity contribution in [3.05, 3.63) is 23.7 Å². The zero-order valence-corrected chi connectivity index (χ0v) is 9.42. The highest BCUT2D eigenvalue weighted by Crippen LogP contribution is 2.23. The minimum atomic E-state index is 0.595. The molecule has 1 aromatic heterocycles. The van der Waals surface area contributed by atoms with E-state index in [1.54, 1.807) is 11.3 Å². The normalized spacial score (nSPS) is 10.7. The Kier molecular flexibility index (Phi) is 3.53. The first kappa shape index (κ1) is 10.4. The smallest absolute Gasteiger partial charge is 0.120 e. The van der Waals surface area contributed by atoms with Crippen molar-refractivity contribution in [3.63, 3.8) is 0 Å². The fourth-order valence-corrected chi connectivity index (χ4v) is 1.99. The molecule has 80 valence electrons. The van der Waals surface area contributed by atoms with Crippen LogP contribution < -0.4 is 4.74 Å². The number of ether oxygens (including phenoxy) is 2. The summed E-state index contributed by atoms with van der Waals surface area (Å²) in [6, 6.07) is 5.93. The van der Waals surface area contributed by atoms with E-state index in [1.807, 2.05) is 30.6 Å². The van der Waals surface area contributed by atoms with E-state index in [0.717, 1.165) is 22.6 Å². The number of hydrogen-bond acceptors (Lipinski definition) is 4. The molecule has 1 heterocycles. The van der Waals surface area contributed by atoms with Gasteiger partial charge >= 0.3 is 0 Å². The monoisotopic (exact) mass is 223 g/mol. The largest absolute Gasteiger partial charge is 0.491 e. The average molecular weight is 223 g/mol. The molecule has 0 aliphatic carbocycles. The first-order valence-electron chi connectivity index (χ1n) is 4.94. The summed E-state index contributed by atoms with van der Waals surface area (Å²) in [5, 5.41) is 0. The second-order valence-corrected chi connectivity index (χ2v) is 3.91. The van der Waals surface area contributed by atoms with Crippen molar-refractivity contribution in [1.29, 1.82) is 0 Å². The van der Waals surface area contributed by atoms with Gasteiger partial charge in [0.2, 0.25) is 0 Å². The van der Waals surface area contributed by atoms with Gasteiger partial charge in [0.25, 0.3) is 0 Å². The van der Waals surface area contributed by atoms with Gasteiger partial charge in [0.1, 0.15) is 12.4 Å². The second kappa shape index (κ2) is 5.09. The Morgan fingerprint density at radius 3 is 3.13 bits per heavy atom. The topological polar surface area (TPSA) is 31.4 Å². The lowest BCUT2D eigenvalue weighted by atomic mass is 10.3. The summed E-state index contributed by atoms with van der Waals surface area (Å²) < 4.78 is 11.9. The van der Waals surface area contributed by atoms with Gasteiger partial charge in [-0.15, -0.1) is 11.3 Å². The van der Waals surface area contributed by atoms with Crippen molar-refractivity contribution in [2.24, 2.45) is 0 Å². The predicted molar refractivity (Wildman–Crippen MR) is 61.6 cm³/mol. The number of fused-ring (bicyclic) bond motifs is 1. The van der Waals surface area contributed by atoms with Crippen LogP contribution in [0.4, 0.5) is 0 Å². The van der Waals surface area contributed by atoms with Crippen LogP contribution in [0.1, 0.15) is 6.92 Å². The fourth-order valence-electron chi connectivity index (χ4n) is 1.29. The zero-order valence-electron chi connectivity index (χ0n) is 8.60. The van der Waals surface area contributed by atoms with Gasteiger partial charge in [0.05, 0.1) is 22.3 Å². The van der Waals surface area contributed by atoms with Gasteiger partial charge in [-0.2, -0.15) is 0 Å². The van der Waals surface area contributed by atoms with Crippen LogP contribution in [0.15, 0.2) is 23.7 Å². The average Bonchev–Trinajstić information content (AvgIpc) is 2.71. The maximum Gasteiger partial charge on any atom is 0.120 e. The summed E-state index contributed by atoms with van der Waals surface area (Å²) in [5.41, 5.74) is 2.87. The van der Waals surface area contributed by atoms with E-state index in [4.69, 9.17) is 9.47 Å². The number of rotatable bonds is 5. The Bertz CT molecular complexity index is 427. The Morgan fingerprint density at radius 2 is 2.27 bits per heavy atom. The van der Waals surface area contributed by atoms with Gasteiger partial charge in [0.15, 0.2) is 0 Å². The summed E-state index contributed by atoms with van der Waals surface area (Å²) in [6.45, 7) is 3.94. The van der Waals surface area contributed by atoms with Crippen molar-refractivity contribution in [2.45, 2.75) is 6.92 Å². The molecule has 0 radical (unpaired) electrons. The van der Waals surface area contributed by atoms with Crippen LogP contribution in [0.2, 0.25) is 0 Å². The maximum atomic E-state index is 5.54. The molecule has 0 aliphatic heterocycles. The van der Waals surface area contributed by atoms with E-state index in [-0.39, 0.29) is 0 Å². The molecule has 0 N–H and O–H groups in total. The van der Waals surface area contributed by atoms with Gasteiger partial charge < -0.3 is 9.47 Å². The molecule has 0 amide bonds. The van der Waals surface area contributed by atoms with Gasteiger partial charge in [-0.05, 0) is 25.1 Å². The number of aromatic nitrogens is 1. The van der Waals surface area contributed by atoms with E-state index < -0.39 is 0 Å². The van der Waals surface area contributed by atoms with Crippen LogP contribution >= 0.6 is 11.3 Å². The number of thiazole rings is 1. The minimum Gasteiger partial charge on any atom is -0.491 e. The van der Waals surface area contributed by atoms with Gasteiger partial charge in [-0.1, -0.05) is 0 Å². The molecule has 2 aromatic rings. The molecule has 1 aromatic carbocycles. The predicted octanol–water partition coefficient (Wildman–Crippen LogP) is 2.71. The van der Waals surface area contributed by atoms with Gasteiger partial charge in [-0.3, -0.25) is 0 Å². The highest BCUT2D eigenvalue weighted by atomic mass is 32.1. The third-order valence-electron chi connectivity index (χ3n) is 2.00. The molecule has 4 heteroatoms.